The molecular weight excluding hydrogens is 570 g/mol. The van der Waals surface area contributed by atoms with Gasteiger partial charge in [0.25, 0.3) is 5.95 Å². The number of halogens is 1. The predicted octanol–water partition coefficient (Wildman–Crippen LogP) is 4.08. The number of hydrazone groups is 1. The molecule has 0 radical (unpaired) electrons. The molecule has 3 heterocycles. The van der Waals surface area contributed by atoms with E-state index >= 15 is 0 Å². The first-order valence-corrected chi connectivity index (χ1v) is 14.2. The van der Waals surface area contributed by atoms with Crippen molar-refractivity contribution in [1.29, 1.82) is 0 Å². The van der Waals surface area contributed by atoms with Gasteiger partial charge in [0.15, 0.2) is 15.8 Å². The second kappa shape index (κ2) is 11.9. The lowest BCUT2D eigenvalue weighted by Gasteiger charge is -2.05. The number of rotatable bonds is 10. The number of fused-ring (bicyclic) bond motifs is 1. The molecule has 2 aromatic heterocycles. The van der Waals surface area contributed by atoms with Gasteiger partial charge in [0.2, 0.25) is 23.0 Å². The lowest BCUT2D eigenvalue weighted by molar-refractivity contribution is -0.113. The van der Waals surface area contributed by atoms with Crippen LogP contribution in [0.3, 0.4) is 0 Å². The zero-order chi connectivity index (χ0) is 26.5. The van der Waals surface area contributed by atoms with Gasteiger partial charge in [0, 0.05) is 16.3 Å². The number of carbonyl (C=O) groups is 1. The topological polar surface area (TPSA) is 154 Å². The third-order valence-corrected chi connectivity index (χ3v) is 8.41. The van der Waals surface area contributed by atoms with Crippen LogP contribution in [-0.2, 0) is 10.5 Å². The summed E-state index contributed by atoms with van der Waals surface area (Å²) < 4.78 is 12.7. The summed E-state index contributed by atoms with van der Waals surface area (Å²) in [4.78, 5) is 12.4. The molecule has 0 aliphatic carbocycles. The number of ether oxygens (including phenoxy) is 2. The number of benzene rings is 2. The average molecular weight is 590 g/mol. The molecule has 0 spiro atoms. The van der Waals surface area contributed by atoms with Gasteiger partial charge in [-0.1, -0.05) is 64.7 Å². The van der Waals surface area contributed by atoms with Crippen molar-refractivity contribution in [2.75, 3.05) is 29.1 Å². The number of amides is 1. The van der Waals surface area contributed by atoms with Crippen molar-refractivity contribution in [3.05, 3.63) is 58.6 Å². The maximum atomic E-state index is 12.4. The van der Waals surface area contributed by atoms with Crippen LogP contribution in [0.15, 0.2) is 57.1 Å². The average Bonchev–Trinajstić information content (AvgIpc) is 3.65. The largest absolute Gasteiger partial charge is 0.454 e. The molecule has 0 saturated heterocycles. The van der Waals surface area contributed by atoms with E-state index in [0.29, 0.717) is 38.3 Å². The molecule has 2 aromatic carbocycles. The Hall–Kier alpha value is -3.53. The Bertz CT molecular complexity index is 1490. The number of aromatic nitrogens is 5. The third-order valence-electron chi connectivity index (χ3n) is 5.07. The highest BCUT2D eigenvalue weighted by molar-refractivity contribution is 8.00. The normalized spacial score (nSPS) is 12.5. The maximum absolute atomic E-state index is 12.4. The Kier molecular flexibility index (Phi) is 8.17. The highest BCUT2D eigenvalue weighted by atomic mass is 35.5. The second-order valence-electron chi connectivity index (χ2n) is 7.64. The third kappa shape index (κ3) is 6.30. The number of thioether (sulfide) groups is 2. The van der Waals surface area contributed by atoms with E-state index in [1.54, 1.807) is 0 Å². The molecular formula is C22H20ClN9O3S3. The van der Waals surface area contributed by atoms with Crippen molar-refractivity contribution in [3.63, 3.8) is 0 Å². The van der Waals surface area contributed by atoms with Gasteiger partial charge in [-0.05, 0) is 36.8 Å². The van der Waals surface area contributed by atoms with E-state index in [-0.39, 0.29) is 24.4 Å². The number of hydrogen-bond donors (Lipinski definition) is 3. The molecule has 4 aromatic rings. The van der Waals surface area contributed by atoms with Gasteiger partial charge in [0.1, 0.15) is 0 Å². The first-order valence-electron chi connectivity index (χ1n) is 11.0. The Labute approximate surface area is 234 Å². The number of nitrogens with two attached hydrogens (primary N) is 1. The summed E-state index contributed by atoms with van der Waals surface area (Å²) >= 11 is 10.1. The number of carbonyl (C=O) groups excluding carboxylic acids is 1. The van der Waals surface area contributed by atoms with Gasteiger partial charge in [-0.2, -0.15) is 5.10 Å². The predicted molar refractivity (Wildman–Crippen MR) is 149 cm³/mol. The zero-order valence-electron chi connectivity index (χ0n) is 19.8. The number of nitrogen functional groups attached to an aromatic ring is 1. The highest BCUT2D eigenvalue weighted by Gasteiger charge is 2.16. The van der Waals surface area contributed by atoms with Crippen LogP contribution in [0.4, 0.5) is 11.1 Å². The van der Waals surface area contributed by atoms with Crippen molar-refractivity contribution in [2.45, 2.75) is 22.2 Å². The molecule has 1 amide bonds. The maximum Gasteiger partial charge on any atom is 0.264 e. The number of nitrogens with one attached hydrogen (secondary N) is 2. The fourth-order valence-electron chi connectivity index (χ4n) is 3.13. The fourth-order valence-corrected chi connectivity index (χ4v) is 5.84. The molecule has 0 fully saturated rings. The van der Waals surface area contributed by atoms with Crippen LogP contribution in [0.5, 0.6) is 11.5 Å². The first kappa shape index (κ1) is 26.1. The van der Waals surface area contributed by atoms with Crippen molar-refractivity contribution in [3.8, 4) is 11.5 Å². The number of anilines is 2. The molecule has 12 nitrogen and oxygen atoms in total. The smallest absolute Gasteiger partial charge is 0.264 e. The molecule has 38 heavy (non-hydrogen) atoms. The molecule has 196 valence electrons. The number of hydrogen-bond acceptors (Lipinski definition) is 13. The number of nitrogens with zero attached hydrogens (tertiary/aromatic N) is 6. The van der Waals surface area contributed by atoms with E-state index in [2.05, 4.69) is 36.2 Å². The van der Waals surface area contributed by atoms with Gasteiger partial charge in [0.05, 0.1) is 11.5 Å². The van der Waals surface area contributed by atoms with E-state index < -0.39 is 0 Å². The summed E-state index contributed by atoms with van der Waals surface area (Å²) in [5.41, 5.74) is 5.33. The molecule has 1 aliphatic heterocycles. The summed E-state index contributed by atoms with van der Waals surface area (Å²) in [6.07, 6.45) is 0. The van der Waals surface area contributed by atoms with Crippen LogP contribution in [-0.4, -0.2) is 49.2 Å². The van der Waals surface area contributed by atoms with Crippen molar-refractivity contribution in [1.82, 2.24) is 25.1 Å². The molecule has 5 rings (SSSR count). The van der Waals surface area contributed by atoms with E-state index in [0.717, 1.165) is 27.2 Å². The van der Waals surface area contributed by atoms with Crippen LogP contribution < -0.4 is 26.1 Å². The molecule has 16 heteroatoms. The molecule has 0 unspecified atom stereocenters. The Morgan fingerprint density at radius 1 is 1.16 bits per heavy atom. The van der Waals surface area contributed by atoms with E-state index in [1.807, 2.05) is 49.4 Å². The lowest BCUT2D eigenvalue weighted by Crippen LogP contribution is -2.17. The van der Waals surface area contributed by atoms with Crippen LogP contribution in [0.25, 0.3) is 0 Å². The fraction of sp³-hybridized carbons (Fsp3) is 0.182. The Morgan fingerprint density at radius 3 is 2.87 bits per heavy atom. The van der Waals surface area contributed by atoms with Crippen LogP contribution in [0.1, 0.15) is 18.1 Å². The molecule has 0 saturated carbocycles. The zero-order valence-corrected chi connectivity index (χ0v) is 23.0. The highest BCUT2D eigenvalue weighted by Crippen LogP contribution is 2.33. The summed E-state index contributed by atoms with van der Waals surface area (Å²) in [5.74, 6) is 8.08. The van der Waals surface area contributed by atoms with E-state index in [4.69, 9.17) is 26.9 Å². The Balaban J connectivity index is 1.10. The quantitative estimate of drug-likeness (QED) is 0.0805. The molecule has 1 aliphatic rings. The van der Waals surface area contributed by atoms with Gasteiger partial charge in [-0.3, -0.25) is 10.1 Å². The van der Waals surface area contributed by atoms with E-state index in [9.17, 15) is 4.79 Å². The van der Waals surface area contributed by atoms with E-state index in [1.165, 1.54) is 27.8 Å². The van der Waals surface area contributed by atoms with Crippen molar-refractivity contribution >= 4 is 69.2 Å². The monoisotopic (exact) mass is 589 g/mol. The van der Waals surface area contributed by atoms with Gasteiger partial charge in [-0.15, -0.1) is 20.4 Å². The Morgan fingerprint density at radius 2 is 2.00 bits per heavy atom. The van der Waals surface area contributed by atoms with Gasteiger partial charge >= 0.3 is 0 Å². The van der Waals surface area contributed by atoms with Crippen LogP contribution in [0.2, 0.25) is 5.02 Å². The summed E-state index contributed by atoms with van der Waals surface area (Å²) in [7, 11) is 0. The van der Waals surface area contributed by atoms with Crippen LogP contribution in [0, 0.1) is 0 Å². The molecule has 4 N–H and O–H groups in total. The first-order chi connectivity index (χ1) is 18.5. The summed E-state index contributed by atoms with van der Waals surface area (Å²) in [6.45, 7) is 2.03. The minimum atomic E-state index is -0.275. The van der Waals surface area contributed by atoms with Crippen molar-refractivity contribution < 1.29 is 14.3 Å². The van der Waals surface area contributed by atoms with Gasteiger partial charge < -0.3 is 15.3 Å². The standard InChI is InChI=1S/C22H20ClN9O3S3/c1-12(13-6-7-16-17(8-13)35-11-34-16)26-27-19-28-30-21(32(19)24)36-10-18(33)25-20-29-31-22(38-20)37-9-14-4-2-3-5-15(14)23/h2-8H,9-11,24H2,1H3,(H,27,28)(H,25,29,33)/b26-12+. The minimum Gasteiger partial charge on any atom is -0.454 e. The van der Waals surface area contributed by atoms with Gasteiger partial charge in [-0.25, -0.2) is 10.1 Å². The minimum absolute atomic E-state index is 0.0521. The van der Waals surface area contributed by atoms with Crippen LogP contribution >= 0.6 is 46.5 Å². The molecule has 0 atom stereocenters. The SMILES string of the molecule is C/C(=N\Nc1nnc(SCC(=O)Nc2nnc(SCc3ccccc3Cl)s2)n1N)c1ccc2c(c1)OCO2. The summed E-state index contributed by atoms with van der Waals surface area (Å²) in [5, 5.41) is 24.6. The second-order valence-corrected chi connectivity index (χ2v) is 11.2. The summed E-state index contributed by atoms with van der Waals surface area (Å²) in [6, 6.07) is 13.2. The lowest BCUT2D eigenvalue weighted by atomic mass is 10.1. The molecule has 0 bridgehead atoms. The van der Waals surface area contributed by atoms with Crippen molar-refractivity contribution in [2.24, 2.45) is 5.10 Å².